The Balaban J connectivity index is 2.47. The molecule has 1 aromatic heterocycles. The summed E-state index contributed by atoms with van der Waals surface area (Å²) in [5.41, 5.74) is 0.489. The second kappa shape index (κ2) is 5.28. The third-order valence-corrected chi connectivity index (χ3v) is 2.79. The van der Waals surface area contributed by atoms with Crippen molar-refractivity contribution in [2.24, 2.45) is 4.99 Å². The van der Waals surface area contributed by atoms with Crippen LogP contribution in [0.1, 0.15) is 18.2 Å². The molecule has 0 saturated carbocycles. The SMILES string of the molecule is CC(=Nc1ccc(Cl)cc1)c1c(O)cc(C)oc1=O. The molecule has 98 valence electrons. The normalized spacial score (nSPS) is 11.6. The minimum absolute atomic E-state index is 0.0700. The van der Waals surface area contributed by atoms with Crippen LogP contribution in [0.3, 0.4) is 0 Å². The Kier molecular flexibility index (Phi) is 3.71. The first kappa shape index (κ1) is 13.4. The number of benzene rings is 1. The molecule has 0 radical (unpaired) electrons. The number of aliphatic imine (C=N–C) groups is 1. The van der Waals surface area contributed by atoms with Crippen molar-refractivity contribution < 1.29 is 9.52 Å². The molecule has 0 aliphatic carbocycles. The highest BCUT2D eigenvalue weighted by molar-refractivity contribution is 6.30. The van der Waals surface area contributed by atoms with E-state index >= 15 is 0 Å². The van der Waals surface area contributed by atoms with Gasteiger partial charge in [0.15, 0.2) is 0 Å². The number of aryl methyl sites for hydroxylation is 1. The van der Waals surface area contributed by atoms with Gasteiger partial charge in [0.1, 0.15) is 17.1 Å². The smallest absolute Gasteiger partial charge is 0.348 e. The molecular formula is C14H12ClNO3. The van der Waals surface area contributed by atoms with Crippen molar-refractivity contribution in [3.05, 3.63) is 57.1 Å². The molecule has 1 aromatic carbocycles. The van der Waals surface area contributed by atoms with Gasteiger partial charge in [0, 0.05) is 11.1 Å². The van der Waals surface area contributed by atoms with Gasteiger partial charge in [0.25, 0.3) is 0 Å². The quantitative estimate of drug-likeness (QED) is 0.855. The van der Waals surface area contributed by atoms with Crippen molar-refractivity contribution in [2.75, 3.05) is 0 Å². The summed E-state index contributed by atoms with van der Waals surface area (Å²) in [6.45, 7) is 3.23. The molecule has 0 fully saturated rings. The van der Waals surface area contributed by atoms with E-state index in [1.807, 2.05) is 0 Å². The first-order valence-electron chi connectivity index (χ1n) is 5.62. The zero-order valence-electron chi connectivity index (χ0n) is 10.5. The van der Waals surface area contributed by atoms with Crippen LogP contribution in [-0.4, -0.2) is 10.8 Å². The third kappa shape index (κ3) is 3.03. The molecule has 2 aromatic rings. The average molecular weight is 278 g/mol. The van der Waals surface area contributed by atoms with E-state index in [9.17, 15) is 9.90 Å². The van der Waals surface area contributed by atoms with Gasteiger partial charge in [0.05, 0.1) is 11.4 Å². The zero-order chi connectivity index (χ0) is 14.0. The Morgan fingerprint density at radius 3 is 2.53 bits per heavy atom. The maximum atomic E-state index is 11.7. The molecule has 0 amide bonds. The lowest BCUT2D eigenvalue weighted by atomic mass is 10.1. The molecule has 0 aliphatic rings. The van der Waals surface area contributed by atoms with Gasteiger partial charge in [-0.05, 0) is 38.1 Å². The van der Waals surface area contributed by atoms with E-state index in [2.05, 4.69) is 4.99 Å². The van der Waals surface area contributed by atoms with Crippen molar-refractivity contribution >= 4 is 23.0 Å². The summed E-state index contributed by atoms with van der Waals surface area (Å²) in [7, 11) is 0. The van der Waals surface area contributed by atoms with E-state index in [-0.39, 0.29) is 11.3 Å². The monoisotopic (exact) mass is 277 g/mol. The number of halogens is 1. The molecule has 5 heteroatoms. The first-order valence-corrected chi connectivity index (χ1v) is 6.00. The molecule has 0 bridgehead atoms. The van der Waals surface area contributed by atoms with Crippen molar-refractivity contribution in [3.8, 4) is 5.75 Å². The number of nitrogens with zero attached hydrogens (tertiary/aromatic N) is 1. The van der Waals surface area contributed by atoms with Gasteiger partial charge in [-0.2, -0.15) is 0 Å². The van der Waals surface area contributed by atoms with E-state index in [0.29, 0.717) is 22.2 Å². The largest absolute Gasteiger partial charge is 0.507 e. The van der Waals surface area contributed by atoms with Crippen LogP contribution in [0.5, 0.6) is 5.75 Å². The van der Waals surface area contributed by atoms with E-state index in [1.165, 1.54) is 6.07 Å². The standard InChI is InChI=1S/C14H12ClNO3/c1-8-7-12(17)13(14(18)19-8)9(2)16-11-5-3-10(15)4-6-11/h3-7,17H,1-2H3. The van der Waals surface area contributed by atoms with Crippen molar-refractivity contribution in [2.45, 2.75) is 13.8 Å². The van der Waals surface area contributed by atoms with Crippen molar-refractivity contribution in [1.29, 1.82) is 0 Å². The minimum Gasteiger partial charge on any atom is -0.507 e. The summed E-state index contributed by atoms with van der Waals surface area (Å²) in [4.78, 5) is 16.0. The second-order valence-corrected chi connectivity index (χ2v) is 4.51. The zero-order valence-corrected chi connectivity index (χ0v) is 11.2. The van der Waals surface area contributed by atoms with Crippen LogP contribution in [0.2, 0.25) is 5.02 Å². The predicted octanol–water partition coefficient (Wildman–Crippen LogP) is 3.45. The highest BCUT2D eigenvalue weighted by atomic mass is 35.5. The van der Waals surface area contributed by atoms with Gasteiger partial charge < -0.3 is 9.52 Å². The third-order valence-electron chi connectivity index (χ3n) is 2.54. The molecule has 0 spiro atoms. The van der Waals surface area contributed by atoms with E-state index in [0.717, 1.165) is 0 Å². The van der Waals surface area contributed by atoms with Gasteiger partial charge >= 0.3 is 5.63 Å². The molecule has 1 heterocycles. The topological polar surface area (TPSA) is 62.8 Å². The lowest BCUT2D eigenvalue weighted by Crippen LogP contribution is -2.12. The summed E-state index contributed by atoms with van der Waals surface area (Å²) in [5.74, 6) is 0.217. The van der Waals surface area contributed by atoms with Gasteiger partial charge in [-0.1, -0.05) is 11.6 Å². The fourth-order valence-electron chi connectivity index (χ4n) is 1.69. The Morgan fingerprint density at radius 1 is 1.32 bits per heavy atom. The summed E-state index contributed by atoms with van der Waals surface area (Å²) in [5, 5.41) is 10.4. The molecule has 0 saturated heterocycles. The van der Waals surface area contributed by atoms with E-state index < -0.39 is 5.63 Å². The number of rotatable bonds is 2. The highest BCUT2D eigenvalue weighted by Crippen LogP contribution is 2.20. The van der Waals surface area contributed by atoms with E-state index in [4.69, 9.17) is 16.0 Å². The molecule has 19 heavy (non-hydrogen) atoms. The summed E-state index contributed by atoms with van der Waals surface area (Å²) in [6, 6.07) is 8.23. The molecule has 2 rings (SSSR count). The fraction of sp³-hybridized carbons (Fsp3) is 0.143. The number of hydrogen-bond donors (Lipinski definition) is 1. The minimum atomic E-state index is -0.604. The summed E-state index contributed by atoms with van der Waals surface area (Å²) in [6.07, 6.45) is 0. The summed E-state index contributed by atoms with van der Waals surface area (Å²) >= 11 is 5.78. The van der Waals surface area contributed by atoms with Gasteiger partial charge in [-0.3, -0.25) is 4.99 Å². The lowest BCUT2D eigenvalue weighted by Gasteiger charge is -2.03. The molecule has 1 N–H and O–H groups in total. The lowest BCUT2D eigenvalue weighted by molar-refractivity contribution is 0.432. The average Bonchev–Trinajstić information content (AvgIpc) is 2.30. The van der Waals surface area contributed by atoms with Crippen molar-refractivity contribution in [3.63, 3.8) is 0 Å². The Labute approximate surface area is 115 Å². The Bertz CT molecular complexity index is 687. The van der Waals surface area contributed by atoms with Gasteiger partial charge in [-0.15, -0.1) is 0 Å². The predicted molar refractivity (Wildman–Crippen MR) is 74.7 cm³/mol. The molecular weight excluding hydrogens is 266 g/mol. The Hall–Kier alpha value is -2.07. The van der Waals surface area contributed by atoms with Crippen LogP contribution < -0.4 is 5.63 Å². The van der Waals surface area contributed by atoms with Crippen LogP contribution in [0, 0.1) is 6.92 Å². The number of aromatic hydroxyl groups is 1. The van der Waals surface area contributed by atoms with Crippen LogP contribution in [0.15, 0.2) is 44.5 Å². The van der Waals surface area contributed by atoms with Crippen LogP contribution in [0.25, 0.3) is 0 Å². The molecule has 4 nitrogen and oxygen atoms in total. The Morgan fingerprint density at radius 2 is 1.95 bits per heavy atom. The summed E-state index contributed by atoms with van der Waals surface area (Å²) < 4.78 is 4.95. The number of hydrogen-bond acceptors (Lipinski definition) is 4. The van der Waals surface area contributed by atoms with Crippen LogP contribution >= 0.6 is 11.6 Å². The maximum absolute atomic E-state index is 11.7. The molecule has 0 atom stereocenters. The van der Waals surface area contributed by atoms with E-state index in [1.54, 1.807) is 38.1 Å². The molecule has 0 aliphatic heterocycles. The maximum Gasteiger partial charge on any atom is 0.348 e. The van der Waals surface area contributed by atoms with Crippen LogP contribution in [-0.2, 0) is 0 Å². The second-order valence-electron chi connectivity index (χ2n) is 4.08. The fourth-order valence-corrected chi connectivity index (χ4v) is 1.82. The highest BCUT2D eigenvalue weighted by Gasteiger charge is 2.12. The first-order chi connectivity index (χ1) is 8.97. The van der Waals surface area contributed by atoms with Crippen molar-refractivity contribution in [1.82, 2.24) is 0 Å². The molecule has 0 unspecified atom stereocenters. The van der Waals surface area contributed by atoms with Gasteiger partial charge in [0.2, 0.25) is 0 Å². The van der Waals surface area contributed by atoms with Crippen LogP contribution in [0.4, 0.5) is 5.69 Å². The van der Waals surface area contributed by atoms with Gasteiger partial charge in [-0.25, -0.2) is 4.79 Å².